The molecule has 0 spiro atoms. The first-order valence-electron chi connectivity index (χ1n) is 16.3. The van der Waals surface area contributed by atoms with Crippen molar-refractivity contribution in [2.75, 3.05) is 23.3 Å². The summed E-state index contributed by atoms with van der Waals surface area (Å²) in [5.41, 5.74) is -3.19. The van der Waals surface area contributed by atoms with E-state index in [2.05, 4.69) is 34.6 Å². The molecular weight excluding hydrogens is 775 g/mol. The predicted molar refractivity (Wildman–Crippen MR) is 174 cm³/mol. The summed E-state index contributed by atoms with van der Waals surface area (Å²) < 4.78 is 135. The number of aromatic nitrogens is 4. The maximum atomic E-state index is 13.7. The number of hydrogen-bond donors (Lipinski definition) is 1. The Bertz CT molecular complexity index is 2140. The molecule has 1 saturated heterocycles. The van der Waals surface area contributed by atoms with Gasteiger partial charge in [-0.2, -0.15) is 39.5 Å². The summed E-state index contributed by atoms with van der Waals surface area (Å²) in [7, 11) is 0. The van der Waals surface area contributed by atoms with E-state index in [0.29, 0.717) is 24.8 Å². The SMILES string of the molecule is CC(C)(C)c1c(OC(=O)C(F)(F)F)cc(C(=O)Nc2cn3nc(N4CCC(Cc5cccnc5)CC4)ccc3n2)c(OC(=O)C(F)(F)F)c1OC(=O)C(F)(F)F. The lowest BCUT2D eigenvalue weighted by Crippen LogP contribution is -2.35. The Kier molecular flexibility index (Phi) is 11.3. The van der Waals surface area contributed by atoms with Crippen molar-refractivity contribution in [2.24, 2.45) is 5.92 Å². The largest absolute Gasteiger partial charge is 0.491 e. The number of esters is 3. The van der Waals surface area contributed by atoms with Gasteiger partial charge in [-0.25, -0.2) is 23.9 Å². The second-order valence-corrected chi connectivity index (χ2v) is 13.4. The molecule has 0 unspecified atom stereocenters. The molecule has 5 rings (SSSR count). The van der Waals surface area contributed by atoms with Crippen LogP contribution in [0.5, 0.6) is 17.2 Å². The van der Waals surface area contributed by atoms with Crippen molar-refractivity contribution >= 4 is 41.1 Å². The Morgan fingerprint density at radius 1 is 0.821 bits per heavy atom. The molecule has 56 heavy (non-hydrogen) atoms. The summed E-state index contributed by atoms with van der Waals surface area (Å²) in [5.74, 6) is -15.4. The van der Waals surface area contributed by atoms with E-state index < -0.39 is 82.0 Å². The quantitative estimate of drug-likeness (QED) is 0.117. The monoisotopic (exact) mass is 804 g/mol. The number of benzene rings is 1. The van der Waals surface area contributed by atoms with Crippen LogP contribution >= 0.6 is 0 Å². The molecule has 1 aliphatic heterocycles. The van der Waals surface area contributed by atoms with Gasteiger partial charge in [-0.15, -0.1) is 5.10 Å². The molecule has 1 N–H and O–H groups in total. The fraction of sp³-hybridized carbons (Fsp3) is 0.382. The molecule has 4 aromatic rings. The zero-order valence-corrected chi connectivity index (χ0v) is 29.2. The Labute approximate surface area is 309 Å². The van der Waals surface area contributed by atoms with E-state index >= 15 is 0 Å². The number of rotatable bonds is 8. The van der Waals surface area contributed by atoms with Gasteiger partial charge in [-0.1, -0.05) is 26.8 Å². The van der Waals surface area contributed by atoms with Crippen molar-refractivity contribution in [3.05, 3.63) is 65.6 Å². The first-order chi connectivity index (χ1) is 25.9. The van der Waals surface area contributed by atoms with Gasteiger partial charge in [0.25, 0.3) is 5.91 Å². The number of nitrogens with one attached hydrogen (secondary N) is 1. The molecule has 0 radical (unpaired) electrons. The summed E-state index contributed by atoms with van der Waals surface area (Å²) >= 11 is 0. The van der Waals surface area contributed by atoms with Gasteiger partial charge < -0.3 is 24.4 Å². The molecule has 13 nitrogen and oxygen atoms in total. The fourth-order valence-electron chi connectivity index (χ4n) is 5.74. The van der Waals surface area contributed by atoms with Crippen LogP contribution < -0.4 is 24.4 Å². The van der Waals surface area contributed by atoms with E-state index in [-0.39, 0.29) is 11.7 Å². The van der Waals surface area contributed by atoms with Gasteiger partial charge in [0.15, 0.2) is 23.0 Å². The van der Waals surface area contributed by atoms with E-state index in [1.165, 1.54) is 10.6 Å². The molecule has 1 fully saturated rings. The average molecular weight is 805 g/mol. The first kappa shape index (κ1) is 41.2. The minimum atomic E-state index is -5.89. The van der Waals surface area contributed by atoms with Gasteiger partial charge >= 0.3 is 36.4 Å². The predicted octanol–water partition coefficient (Wildman–Crippen LogP) is 6.54. The molecular formula is C34H29F9N6O7. The lowest BCUT2D eigenvalue weighted by molar-refractivity contribution is -0.192. The number of ether oxygens (including phenoxy) is 3. The summed E-state index contributed by atoms with van der Waals surface area (Å²) in [6.07, 6.45) is -10.4. The number of carbonyl (C=O) groups is 4. The third kappa shape index (κ3) is 9.63. The van der Waals surface area contributed by atoms with Crippen molar-refractivity contribution in [2.45, 2.75) is 64.0 Å². The van der Waals surface area contributed by atoms with Crippen molar-refractivity contribution in [1.29, 1.82) is 0 Å². The van der Waals surface area contributed by atoms with E-state index in [9.17, 15) is 58.7 Å². The highest BCUT2D eigenvalue weighted by Crippen LogP contribution is 2.49. The van der Waals surface area contributed by atoms with Gasteiger partial charge in [-0.05, 0) is 60.4 Å². The second-order valence-electron chi connectivity index (χ2n) is 13.4. The number of fused-ring (bicyclic) bond motifs is 1. The van der Waals surface area contributed by atoms with Crippen LogP contribution in [0.1, 0.15) is 55.1 Å². The fourth-order valence-corrected chi connectivity index (χ4v) is 5.74. The van der Waals surface area contributed by atoms with E-state index in [1.807, 2.05) is 17.0 Å². The zero-order valence-electron chi connectivity index (χ0n) is 29.2. The molecule has 1 amide bonds. The van der Waals surface area contributed by atoms with E-state index in [4.69, 9.17) is 0 Å². The molecule has 0 saturated carbocycles. The number of pyridine rings is 1. The highest BCUT2D eigenvalue weighted by molar-refractivity contribution is 6.08. The Morgan fingerprint density at radius 2 is 1.41 bits per heavy atom. The molecule has 0 aliphatic carbocycles. The van der Waals surface area contributed by atoms with Crippen molar-refractivity contribution in [1.82, 2.24) is 19.6 Å². The smallest absolute Gasteiger partial charge is 0.419 e. The molecule has 0 bridgehead atoms. The molecule has 1 aliphatic rings. The normalized spacial score (nSPS) is 14.4. The van der Waals surface area contributed by atoms with Crippen LogP contribution in [0.2, 0.25) is 0 Å². The zero-order chi connectivity index (χ0) is 41.4. The number of anilines is 2. The molecule has 0 atom stereocenters. The lowest BCUT2D eigenvalue weighted by atomic mass is 9.84. The summed E-state index contributed by atoms with van der Waals surface area (Å²) in [6, 6.07) is 7.17. The number of halogens is 9. The minimum Gasteiger partial charge on any atom is -0.419 e. The topological polar surface area (TPSA) is 154 Å². The Morgan fingerprint density at radius 3 is 1.96 bits per heavy atom. The summed E-state index contributed by atoms with van der Waals surface area (Å²) in [6.45, 7) is 4.42. The standard InChI is InChI=1S/C34H29F9N6O7/c1-31(2,3)24-20(54-28(51)32(35,36)37)14-19(25(55-29(52)33(38,39)40)26(24)56-30(53)34(41,42)43)27(50)46-21-16-49-22(45-21)6-7-23(47-49)48-11-8-17(9-12-48)13-18-5-4-10-44-15-18/h4-7,10,14-17H,8-9,11-13H2,1-3H3,(H,46,50). The number of hydrogen-bond acceptors (Lipinski definition) is 11. The number of carbonyl (C=O) groups excluding carboxylic acids is 4. The van der Waals surface area contributed by atoms with Gasteiger partial charge in [0.2, 0.25) is 0 Å². The summed E-state index contributed by atoms with van der Waals surface area (Å²) in [5, 5.41) is 6.55. The van der Waals surface area contributed by atoms with E-state index in [1.54, 1.807) is 18.5 Å². The number of amides is 1. The van der Waals surface area contributed by atoms with Gasteiger partial charge in [-0.3, -0.25) is 9.78 Å². The van der Waals surface area contributed by atoms with Crippen LogP contribution in [0.3, 0.4) is 0 Å². The number of imidazole rings is 1. The van der Waals surface area contributed by atoms with Crippen LogP contribution in [0.15, 0.2) is 48.9 Å². The third-order valence-corrected chi connectivity index (χ3v) is 8.21. The Balaban J connectivity index is 1.53. The van der Waals surface area contributed by atoms with Crippen LogP contribution in [0.25, 0.3) is 5.65 Å². The average Bonchev–Trinajstić information content (AvgIpc) is 3.49. The first-order valence-corrected chi connectivity index (χ1v) is 16.3. The molecule has 3 aromatic heterocycles. The van der Waals surface area contributed by atoms with Crippen molar-refractivity contribution < 1.29 is 72.9 Å². The molecule has 1 aromatic carbocycles. The number of piperidine rings is 1. The van der Waals surface area contributed by atoms with Crippen molar-refractivity contribution in [3.8, 4) is 17.2 Å². The van der Waals surface area contributed by atoms with Gasteiger partial charge in [0.05, 0.1) is 11.8 Å². The van der Waals surface area contributed by atoms with Crippen LogP contribution in [-0.2, 0) is 26.2 Å². The lowest BCUT2D eigenvalue weighted by Gasteiger charge is -2.32. The van der Waals surface area contributed by atoms with Crippen molar-refractivity contribution in [3.63, 3.8) is 0 Å². The maximum absolute atomic E-state index is 13.7. The van der Waals surface area contributed by atoms with Gasteiger partial charge in [0.1, 0.15) is 11.6 Å². The number of nitrogens with zero attached hydrogens (tertiary/aromatic N) is 5. The van der Waals surface area contributed by atoms with E-state index in [0.717, 1.165) is 51.8 Å². The molecule has 4 heterocycles. The highest BCUT2D eigenvalue weighted by atomic mass is 19.4. The van der Waals surface area contributed by atoms with Gasteiger partial charge in [0, 0.05) is 31.0 Å². The Hall–Kier alpha value is -5.96. The number of alkyl halides is 9. The maximum Gasteiger partial charge on any atom is 0.491 e. The summed E-state index contributed by atoms with van der Waals surface area (Å²) in [4.78, 5) is 59.8. The van der Waals surface area contributed by atoms with Crippen LogP contribution in [-0.4, -0.2) is 75.0 Å². The second kappa shape index (κ2) is 15.3. The van der Waals surface area contributed by atoms with Crippen LogP contribution in [0.4, 0.5) is 51.1 Å². The third-order valence-electron chi connectivity index (χ3n) is 8.21. The molecule has 22 heteroatoms. The highest BCUT2D eigenvalue weighted by Gasteiger charge is 2.48. The molecule has 300 valence electrons. The van der Waals surface area contributed by atoms with Crippen LogP contribution in [0, 0.1) is 5.92 Å². The minimum absolute atomic E-state index is 0.0990.